The van der Waals surface area contributed by atoms with Gasteiger partial charge in [-0.05, 0) is 48.2 Å². The van der Waals surface area contributed by atoms with Gasteiger partial charge in [0.1, 0.15) is 5.75 Å². The second-order valence-electron chi connectivity index (χ2n) is 5.91. The lowest BCUT2D eigenvalue weighted by molar-refractivity contribution is -0.131. The van der Waals surface area contributed by atoms with Gasteiger partial charge in [-0.25, -0.2) is 0 Å². The molecule has 1 fully saturated rings. The summed E-state index contributed by atoms with van der Waals surface area (Å²) in [4.78, 5) is 14.8. The number of halogens is 1. The molecule has 4 heteroatoms. The number of hydrogen-bond donors (Lipinski definition) is 0. The number of carbonyl (C=O) groups is 1. The van der Waals surface area contributed by atoms with Crippen molar-refractivity contribution >= 4 is 21.8 Å². The number of ether oxygens (including phenoxy) is 1. The smallest absolute Gasteiger partial charge is 0.227 e. The van der Waals surface area contributed by atoms with E-state index in [1.54, 1.807) is 7.11 Å². The quantitative estimate of drug-likeness (QED) is 0.759. The average molecular weight is 374 g/mol. The molecular formula is C19H20BrNO2. The molecule has 0 aliphatic heterocycles. The molecule has 1 aliphatic rings. The molecule has 0 spiro atoms. The molecule has 2 aromatic carbocycles. The highest BCUT2D eigenvalue weighted by Gasteiger charge is 2.32. The van der Waals surface area contributed by atoms with Crippen LogP contribution in [0.5, 0.6) is 5.75 Å². The van der Waals surface area contributed by atoms with Gasteiger partial charge in [-0.2, -0.15) is 0 Å². The van der Waals surface area contributed by atoms with Gasteiger partial charge < -0.3 is 9.64 Å². The van der Waals surface area contributed by atoms with Crippen molar-refractivity contribution in [1.29, 1.82) is 0 Å². The molecule has 1 saturated carbocycles. The third kappa shape index (κ3) is 4.35. The Labute approximate surface area is 145 Å². The van der Waals surface area contributed by atoms with E-state index in [4.69, 9.17) is 4.74 Å². The molecule has 0 radical (unpaired) electrons. The van der Waals surface area contributed by atoms with E-state index >= 15 is 0 Å². The van der Waals surface area contributed by atoms with Gasteiger partial charge in [-0.3, -0.25) is 4.79 Å². The van der Waals surface area contributed by atoms with Crippen molar-refractivity contribution in [1.82, 2.24) is 4.90 Å². The maximum atomic E-state index is 12.8. The van der Waals surface area contributed by atoms with Crippen molar-refractivity contribution in [2.45, 2.75) is 31.8 Å². The first-order valence-corrected chi connectivity index (χ1v) is 8.62. The van der Waals surface area contributed by atoms with Crippen LogP contribution in [0.3, 0.4) is 0 Å². The van der Waals surface area contributed by atoms with E-state index in [-0.39, 0.29) is 5.91 Å². The number of amides is 1. The lowest BCUT2D eigenvalue weighted by Crippen LogP contribution is -2.33. The Morgan fingerprint density at radius 1 is 1.17 bits per heavy atom. The van der Waals surface area contributed by atoms with Crippen molar-refractivity contribution in [3.05, 3.63) is 64.1 Å². The second-order valence-corrected chi connectivity index (χ2v) is 6.83. The van der Waals surface area contributed by atoms with Crippen LogP contribution >= 0.6 is 15.9 Å². The number of methoxy groups -OCH3 is 1. The van der Waals surface area contributed by atoms with E-state index in [2.05, 4.69) is 28.1 Å². The molecule has 0 aromatic heterocycles. The number of carbonyl (C=O) groups excluding carboxylic acids is 1. The molecule has 0 saturated heterocycles. The monoisotopic (exact) mass is 373 g/mol. The van der Waals surface area contributed by atoms with Crippen LogP contribution in [0.25, 0.3) is 0 Å². The molecule has 0 bridgehead atoms. The van der Waals surface area contributed by atoms with Crippen molar-refractivity contribution in [2.24, 2.45) is 0 Å². The van der Waals surface area contributed by atoms with Crippen LogP contribution in [0, 0.1) is 0 Å². The molecular weight excluding hydrogens is 354 g/mol. The third-order valence-corrected chi connectivity index (χ3v) is 4.53. The normalized spacial score (nSPS) is 13.7. The zero-order valence-corrected chi connectivity index (χ0v) is 14.8. The van der Waals surface area contributed by atoms with Gasteiger partial charge in [0.25, 0.3) is 0 Å². The Morgan fingerprint density at radius 3 is 2.61 bits per heavy atom. The predicted octanol–water partition coefficient (Wildman–Crippen LogP) is 4.19. The molecule has 0 N–H and O–H groups in total. The summed E-state index contributed by atoms with van der Waals surface area (Å²) >= 11 is 3.49. The van der Waals surface area contributed by atoms with Crippen LogP contribution in [-0.4, -0.2) is 24.0 Å². The molecule has 0 unspecified atom stereocenters. The highest BCUT2D eigenvalue weighted by Crippen LogP contribution is 2.29. The van der Waals surface area contributed by atoms with E-state index in [0.29, 0.717) is 19.0 Å². The fourth-order valence-corrected chi connectivity index (χ4v) is 3.14. The summed E-state index contributed by atoms with van der Waals surface area (Å²) in [7, 11) is 1.64. The minimum Gasteiger partial charge on any atom is -0.497 e. The van der Waals surface area contributed by atoms with Crippen molar-refractivity contribution < 1.29 is 9.53 Å². The summed E-state index contributed by atoms with van der Waals surface area (Å²) in [5.74, 6) is 0.973. The SMILES string of the molecule is COc1cccc(CC(=O)N(Cc2cccc(Br)c2)C2CC2)c1. The molecule has 3 rings (SSSR count). The van der Waals surface area contributed by atoms with Gasteiger partial charge in [-0.15, -0.1) is 0 Å². The van der Waals surface area contributed by atoms with Crippen LogP contribution in [0.15, 0.2) is 53.0 Å². The summed E-state index contributed by atoms with van der Waals surface area (Å²) < 4.78 is 6.28. The van der Waals surface area contributed by atoms with E-state index in [0.717, 1.165) is 34.2 Å². The summed E-state index contributed by atoms with van der Waals surface area (Å²) in [5.41, 5.74) is 2.15. The highest BCUT2D eigenvalue weighted by molar-refractivity contribution is 9.10. The zero-order chi connectivity index (χ0) is 16.2. The zero-order valence-electron chi connectivity index (χ0n) is 13.2. The maximum Gasteiger partial charge on any atom is 0.227 e. The Balaban J connectivity index is 1.71. The molecule has 0 atom stereocenters. The van der Waals surface area contributed by atoms with Gasteiger partial charge in [0.15, 0.2) is 0 Å². The molecule has 0 heterocycles. The number of nitrogens with zero attached hydrogens (tertiary/aromatic N) is 1. The second kappa shape index (κ2) is 7.18. The summed E-state index contributed by atoms with van der Waals surface area (Å²) in [6.07, 6.45) is 2.64. The summed E-state index contributed by atoms with van der Waals surface area (Å²) in [5, 5.41) is 0. The number of rotatable bonds is 6. The summed E-state index contributed by atoms with van der Waals surface area (Å²) in [6, 6.07) is 16.3. The van der Waals surface area contributed by atoms with Crippen LogP contribution in [0.1, 0.15) is 24.0 Å². The summed E-state index contributed by atoms with van der Waals surface area (Å²) in [6.45, 7) is 0.674. The molecule has 120 valence electrons. The van der Waals surface area contributed by atoms with Gasteiger partial charge in [-0.1, -0.05) is 40.2 Å². The Hall–Kier alpha value is -1.81. The van der Waals surface area contributed by atoms with Gasteiger partial charge in [0.05, 0.1) is 13.5 Å². The topological polar surface area (TPSA) is 29.5 Å². The first-order valence-electron chi connectivity index (χ1n) is 7.82. The minimum atomic E-state index is 0.181. The first kappa shape index (κ1) is 16.1. The lowest BCUT2D eigenvalue weighted by atomic mass is 10.1. The van der Waals surface area contributed by atoms with E-state index < -0.39 is 0 Å². The molecule has 23 heavy (non-hydrogen) atoms. The molecule has 1 amide bonds. The van der Waals surface area contributed by atoms with Crippen molar-refractivity contribution in [3.63, 3.8) is 0 Å². The van der Waals surface area contributed by atoms with E-state index in [9.17, 15) is 4.79 Å². The standard InChI is InChI=1S/C19H20BrNO2/c1-23-18-7-3-4-14(11-18)12-19(22)21(17-8-9-17)13-15-5-2-6-16(20)10-15/h2-7,10-11,17H,8-9,12-13H2,1H3. The number of benzene rings is 2. The first-order chi connectivity index (χ1) is 11.2. The van der Waals surface area contributed by atoms with Gasteiger partial charge >= 0.3 is 0 Å². The Kier molecular flexibility index (Phi) is 5.01. The minimum absolute atomic E-state index is 0.181. The fourth-order valence-electron chi connectivity index (χ4n) is 2.70. The van der Waals surface area contributed by atoms with Crippen molar-refractivity contribution in [2.75, 3.05) is 7.11 Å². The maximum absolute atomic E-state index is 12.8. The fraction of sp³-hybridized carbons (Fsp3) is 0.316. The van der Waals surface area contributed by atoms with Gasteiger partial charge in [0.2, 0.25) is 5.91 Å². The van der Waals surface area contributed by atoms with Crippen LogP contribution in [0.2, 0.25) is 0 Å². The molecule has 3 nitrogen and oxygen atoms in total. The van der Waals surface area contributed by atoms with Crippen LogP contribution < -0.4 is 4.74 Å². The Morgan fingerprint density at radius 2 is 1.91 bits per heavy atom. The average Bonchev–Trinajstić information content (AvgIpc) is 3.37. The van der Waals surface area contributed by atoms with Crippen LogP contribution in [-0.2, 0) is 17.8 Å². The Bertz CT molecular complexity index is 697. The largest absolute Gasteiger partial charge is 0.497 e. The third-order valence-electron chi connectivity index (χ3n) is 4.04. The van der Waals surface area contributed by atoms with Crippen molar-refractivity contribution in [3.8, 4) is 5.75 Å². The predicted molar refractivity (Wildman–Crippen MR) is 94.4 cm³/mol. The van der Waals surface area contributed by atoms with Gasteiger partial charge in [0, 0.05) is 17.1 Å². The molecule has 2 aromatic rings. The van der Waals surface area contributed by atoms with E-state index in [1.165, 1.54) is 0 Å². The lowest BCUT2D eigenvalue weighted by Gasteiger charge is -2.23. The van der Waals surface area contributed by atoms with Crippen LogP contribution in [0.4, 0.5) is 0 Å². The number of hydrogen-bond acceptors (Lipinski definition) is 2. The molecule has 1 aliphatic carbocycles. The van der Waals surface area contributed by atoms with E-state index in [1.807, 2.05) is 41.3 Å². The highest BCUT2D eigenvalue weighted by atomic mass is 79.9.